The third kappa shape index (κ3) is 2.44. The van der Waals surface area contributed by atoms with Crippen molar-refractivity contribution in [3.05, 3.63) is 35.9 Å². The maximum Gasteiger partial charge on any atom is 0.233 e. The van der Waals surface area contributed by atoms with Crippen LogP contribution in [0.15, 0.2) is 30.3 Å². The van der Waals surface area contributed by atoms with Crippen LogP contribution in [0.25, 0.3) is 0 Å². The Morgan fingerprint density at radius 1 is 1.09 bits per heavy atom. The lowest BCUT2D eigenvalue weighted by molar-refractivity contribution is -0.136. The van der Waals surface area contributed by atoms with Crippen LogP contribution >= 0.6 is 0 Å². The van der Waals surface area contributed by atoms with Gasteiger partial charge >= 0.3 is 0 Å². The zero-order valence-electron chi connectivity index (χ0n) is 13.5. The fraction of sp³-hybridized carbons (Fsp3) is 0.579. The number of carbonyl (C=O) groups is 2. The molecule has 0 bridgehead atoms. The molecule has 0 spiro atoms. The number of carbonyl (C=O) groups excluding carboxylic acids is 2. The highest BCUT2D eigenvalue weighted by Gasteiger charge is 2.48. The van der Waals surface area contributed by atoms with Crippen molar-refractivity contribution in [1.82, 2.24) is 10.2 Å². The van der Waals surface area contributed by atoms with Gasteiger partial charge < -0.3 is 10.2 Å². The molecule has 2 atom stereocenters. The summed E-state index contributed by atoms with van der Waals surface area (Å²) < 4.78 is 0. The first-order chi connectivity index (χ1) is 11.2. The molecule has 4 nitrogen and oxygen atoms in total. The van der Waals surface area contributed by atoms with E-state index in [0.29, 0.717) is 24.2 Å². The van der Waals surface area contributed by atoms with Gasteiger partial charge in [0.15, 0.2) is 0 Å². The number of rotatable bonds is 2. The smallest absolute Gasteiger partial charge is 0.233 e. The molecule has 1 aliphatic carbocycles. The monoisotopic (exact) mass is 312 g/mol. The minimum absolute atomic E-state index is 0.138. The zero-order chi connectivity index (χ0) is 15.9. The average Bonchev–Trinajstić information content (AvgIpc) is 3.22. The van der Waals surface area contributed by atoms with E-state index in [1.807, 2.05) is 23.1 Å². The second-order valence-electron chi connectivity index (χ2n) is 7.39. The first-order valence-electron chi connectivity index (χ1n) is 8.81. The van der Waals surface area contributed by atoms with Crippen LogP contribution < -0.4 is 5.32 Å². The van der Waals surface area contributed by atoms with E-state index in [9.17, 15) is 9.59 Å². The predicted molar refractivity (Wildman–Crippen MR) is 87.8 cm³/mol. The summed E-state index contributed by atoms with van der Waals surface area (Å²) in [5, 5.41) is 2.95. The molecule has 1 aromatic carbocycles. The molecular weight excluding hydrogens is 288 g/mol. The molecule has 0 aromatic heterocycles. The Labute approximate surface area is 137 Å². The molecule has 2 saturated heterocycles. The first kappa shape index (κ1) is 14.7. The van der Waals surface area contributed by atoms with Crippen LogP contribution in [0.1, 0.15) is 37.7 Å². The van der Waals surface area contributed by atoms with E-state index in [4.69, 9.17) is 0 Å². The summed E-state index contributed by atoms with van der Waals surface area (Å²) in [5.41, 5.74) is 0.846. The quantitative estimate of drug-likeness (QED) is 0.909. The van der Waals surface area contributed by atoms with Gasteiger partial charge in [0, 0.05) is 26.1 Å². The fourth-order valence-corrected chi connectivity index (χ4v) is 4.79. The standard InChI is InChI=1S/C19H24N2O2/c22-17-10-14-12-21(13-15(14)11-20-17)18(23)19(8-4-5-9-19)16-6-2-1-3-7-16/h1-3,6-7,14-15H,4-5,8-13H2,(H,20,22)/t14-,15+/m0/s1. The van der Waals surface area contributed by atoms with E-state index in [1.165, 1.54) is 5.56 Å². The summed E-state index contributed by atoms with van der Waals surface area (Å²) in [5.74, 6) is 1.22. The Morgan fingerprint density at radius 3 is 2.52 bits per heavy atom. The molecule has 4 heteroatoms. The highest BCUT2D eigenvalue weighted by molar-refractivity contribution is 5.89. The third-order valence-corrected chi connectivity index (χ3v) is 6.07. The molecule has 3 aliphatic rings. The summed E-state index contributed by atoms with van der Waals surface area (Å²) in [6.07, 6.45) is 4.74. The van der Waals surface area contributed by atoms with Gasteiger partial charge in [-0.2, -0.15) is 0 Å². The molecule has 2 aliphatic heterocycles. The molecule has 1 aromatic rings. The van der Waals surface area contributed by atoms with Crippen LogP contribution in [0, 0.1) is 11.8 Å². The predicted octanol–water partition coefficient (Wildman–Crippen LogP) is 2.09. The topological polar surface area (TPSA) is 49.4 Å². The summed E-state index contributed by atoms with van der Waals surface area (Å²) in [6, 6.07) is 10.3. The van der Waals surface area contributed by atoms with Gasteiger partial charge in [0.2, 0.25) is 11.8 Å². The lowest BCUT2D eigenvalue weighted by atomic mass is 9.77. The summed E-state index contributed by atoms with van der Waals surface area (Å²) in [4.78, 5) is 27.1. The van der Waals surface area contributed by atoms with E-state index in [-0.39, 0.29) is 11.3 Å². The average molecular weight is 312 g/mol. The van der Waals surface area contributed by atoms with Crippen LogP contribution in [0.3, 0.4) is 0 Å². The van der Waals surface area contributed by atoms with Gasteiger partial charge in [0.1, 0.15) is 0 Å². The van der Waals surface area contributed by atoms with E-state index in [2.05, 4.69) is 17.4 Å². The molecule has 2 heterocycles. The fourth-order valence-electron chi connectivity index (χ4n) is 4.79. The molecule has 1 saturated carbocycles. The number of likely N-dealkylation sites (tertiary alicyclic amines) is 1. The zero-order valence-corrected chi connectivity index (χ0v) is 13.5. The summed E-state index contributed by atoms with van der Waals surface area (Å²) in [7, 11) is 0. The van der Waals surface area contributed by atoms with Crippen molar-refractivity contribution in [3.8, 4) is 0 Å². The van der Waals surface area contributed by atoms with Gasteiger partial charge in [-0.25, -0.2) is 0 Å². The molecule has 1 N–H and O–H groups in total. The lowest BCUT2D eigenvalue weighted by Crippen LogP contribution is -2.44. The van der Waals surface area contributed by atoms with Gasteiger partial charge in [-0.15, -0.1) is 0 Å². The van der Waals surface area contributed by atoms with Crippen molar-refractivity contribution in [2.45, 2.75) is 37.5 Å². The number of amides is 2. The summed E-state index contributed by atoms with van der Waals surface area (Å²) >= 11 is 0. The molecule has 122 valence electrons. The largest absolute Gasteiger partial charge is 0.356 e. The number of nitrogens with zero attached hydrogens (tertiary/aromatic N) is 1. The van der Waals surface area contributed by atoms with Crippen LogP contribution in [0.2, 0.25) is 0 Å². The normalized spacial score (nSPS) is 29.2. The molecule has 0 unspecified atom stereocenters. The second-order valence-corrected chi connectivity index (χ2v) is 7.39. The Kier molecular flexibility index (Phi) is 3.63. The van der Waals surface area contributed by atoms with Crippen LogP contribution in [0.5, 0.6) is 0 Å². The maximum absolute atomic E-state index is 13.4. The maximum atomic E-state index is 13.4. The SMILES string of the molecule is O=C1C[C@H]2CN(C(=O)C3(c4ccccc4)CCCC3)C[C@H]2CN1. The van der Waals surface area contributed by atoms with Crippen molar-refractivity contribution in [1.29, 1.82) is 0 Å². The van der Waals surface area contributed by atoms with Gasteiger partial charge in [0.25, 0.3) is 0 Å². The van der Waals surface area contributed by atoms with Crippen molar-refractivity contribution in [2.24, 2.45) is 11.8 Å². The third-order valence-electron chi connectivity index (χ3n) is 6.07. The van der Waals surface area contributed by atoms with Crippen molar-refractivity contribution >= 4 is 11.8 Å². The van der Waals surface area contributed by atoms with Crippen molar-refractivity contribution < 1.29 is 9.59 Å². The first-order valence-corrected chi connectivity index (χ1v) is 8.81. The van der Waals surface area contributed by atoms with Crippen molar-refractivity contribution in [2.75, 3.05) is 19.6 Å². The molecule has 4 rings (SSSR count). The van der Waals surface area contributed by atoms with Gasteiger partial charge in [-0.1, -0.05) is 43.2 Å². The highest BCUT2D eigenvalue weighted by atomic mass is 16.2. The minimum atomic E-state index is -0.327. The molecule has 23 heavy (non-hydrogen) atoms. The second kappa shape index (κ2) is 5.66. The number of fused-ring (bicyclic) bond motifs is 1. The summed E-state index contributed by atoms with van der Waals surface area (Å²) in [6.45, 7) is 2.29. The number of benzene rings is 1. The van der Waals surface area contributed by atoms with Gasteiger partial charge in [-0.05, 0) is 30.2 Å². The molecule has 2 amide bonds. The van der Waals surface area contributed by atoms with Crippen LogP contribution in [-0.2, 0) is 15.0 Å². The van der Waals surface area contributed by atoms with Crippen LogP contribution in [-0.4, -0.2) is 36.3 Å². The highest BCUT2D eigenvalue weighted by Crippen LogP contribution is 2.44. The lowest BCUT2D eigenvalue weighted by Gasteiger charge is -2.33. The Bertz CT molecular complexity index is 607. The number of nitrogens with one attached hydrogen (secondary N) is 1. The number of hydrogen-bond donors (Lipinski definition) is 1. The molecule has 0 radical (unpaired) electrons. The Balaban J connectivity index is 1.59. The van der Waals surface area contributed by atoms with Crippen LogP contribution in [0.4, 0.5) is 0 Å². The van der Waals surface area contributed by atoms with E-state index in [0.717, 1.165) is 45.3 Å². The van der Waals surface area contributed by atoms with Gasteiger partial charge in [-0.3, -0.25) is 9.59 Å². The minimum Gasteiger partial charge on any atom is -0.356 e. The number of piperidine rings is 1. The Morgan fingerprint density at radius 2 is 1.78 bits per heavy atom. The molecule has 3 fully saturated rings. The number of hydrogen-bond acceptors (Lipinski definition) is 2. The van der Waals surface area contributed by atoms with E-state index >= 15 is 0 Å². The Hall–Kier alpha value is -1.84. The van der Waals surface area contributed by atoms with Crippen molar-refractivity contribution in [3.63, 3.8) is 0 Å². The molecular formula is C19H24N2O2. The van der Waals surface area contributed by atoms with E-state index < -0.39 is 0 Å². The van der Waals surface area contributed by atoms with Gasteiger partial charge in [0.05, 0.1) is 5.41 Å². The van der Waals surface area contributed by atoms with E-state index in [1.54, 1.807) is 0 Å².